The molecule has 138 valence electrons. The second kappa shape index (κ2) is 6.90. The number of anilines is 2. The van der Waals surface area contributed by atoms with Gasteiger partial charge in [-0.3, -0.25) is 4.98 Å². The minimum Gasteiger partial charge on any atom is -0.383 e. The van der Waals surface area contributed by atoms with Crippen molar-refractivity contribution in [3.8, 4) is 11.1 Å². The van der Waals surface area contributed by atoms with E-state index in [1.165, 1.54) is 18.3 Å². The Hall–Kier alpha value is -3.09. The number of rotatable bonds is 5. The minimum absolute atomic E-state index is 0.214. The summed E-state index contributed by atoms with van der Waals surface area (Å²) in [6, 6.07) is 12.5. The Labute approximate surface area is 155 Å². The van der Waals surface area contributed by atoms with E-state index in [-0.39, 0.29) is 25.1 Å². The third-order valence-electron chi connectivity index (χ3n) is 4.97. The molecule has 7 heteroatoms. The fourth-order valence-corrected chi connectivity index (χ4v) is 3.55. The summed E-state index contributed by atoms with van der Waals surface area (Å²) < 4.78 is 27.8. The summed E-state index contributed by atoms with van der Waals surface area (Å²) in [6.45, 7) is 0.283. The summed E-state index contributed by atoms with van der Waals surface area (Å²) >= 11 is 0. The number of hydrogen-bond acceptors (Lipinski definition) is 5. The van der Waals surface area contributed by atoms with Crippen LogP contribution in [0.15, 0.2) is 54.9 Å². The van der Waals surface area contributed by atoms with Crippen LogP contribution in [0.25, 0.3) is 11.1 Å². The van der Waals surface area contributed by atoms with Crippen molar-refractivity contribution in [2.45, 2.75) is 24.4 Å². The first-order valence-corrected chi connectivity index (χ1v) is 8.74. The van der Waals surface area contributed by atoms with Crippen LogP contribution in [-0.2, 0) is 5.41 Å². The molecule has 1 aliphatic rings. The van der Waals surface area contributed by atoms with E-state index in [4.69, 9.17) is 5.73 Å². The molecule has 1 aromatic carbocycles. The highest BCUT2D eigenvalue weighted by molar-refractivity contribution is 5.73. The Morgan fingerprint density at radius 2 is 1.89 bits per heavy atom. The van der Waals surface area contributed by atoms with Crippen molar-refractivity contribution in [1.82, 2.24) is 15.0 Å². The Balaban J connectivity index is 1.54. The smallest absolute Gasteiger partial charge is 0.224 e. The van der Waals surface area contributed by atoms with Gasteiger partial charge in [-0.2, -0.15) is 4.98 Å². The molecule has 0 saturated heterocycles. The van der Waals surface area contributed by atoms with E-state index in [1.807, 2.05) is 30.3 Å². The predicted octanol–water partition coefficient (Wildman–Crippen LogP) is 3.74. The van der Waals surface area contributed by atoms with E-state index >= 15 is 0 Å². The van der Waals surface area contributed by atoms with E-state index in [2.05, 4.69) is 20.3 Å². The molecule has 0 amide bonds. The second-order valence-electron chi connectivity index (χ2n) is 6.83. The molecule has 1 saturated carbocycles. The quantitative estimate of drug-likeness (QED) is 0.718. The zero-order valence-electron chi connectivity index (χ0n) is 14.6. The van der Waals surface area contributed by atoms with Gasteiger partial charge in [-0.05, 0) is 30.5 Å². The Morgan fingerprint density at radius 3 is 2.56 bits per heavy atom. The number of halogens is 2. The standard InChI is InChI=1S/C20H19F2N5/c21-14-9-20(10-14,17-16(22)7-4-8-24-17)12-26-19-25-11-15(18(23)27-19)13-5-2-1-3-6-13/h1-8,11,14H,9-10,12H2,(H3,23,25,26,27). The van der Waals surface area contributed by atoms with Crippen LogP contribution < -0.4 is 11.1 Å². The minimum atomic E-state index is -0.959. The molecule has 0 unspecified atom stereocenters. The highest BCUT2D eigenvalue weighted by atomic mass is 19.1. The molecule has 2 heterocycles. The van der Waals surface area contributed by atoms with Gasteiger partial charge >= 0.3 is 0 Å². The third-order valence-corrected chi connectivity index (χ3v) is 4.97. The van der Waals surface area contributed by atoms with Gasteiger partial charge in [0, 0.05) is 29.9 Å². The largest absolute Gasteiger partial charge is 0.383 e. The first-order valence-electron chi connectivity index (χ1n) is 8.74. The van der Waals surface area contributed by atoms with Crippen LogP contribution in [0.3, 0.4) is 0 Å². The normalized spacial score (nSPS) is 21.5. The van der Waals surface area contributed by atoms with Crippen molar-refractivity contribution in [3.05, 3.63) is 66.4 Å². The number of nitrogens with zero attached hydrogens (tertiary/aromatic N) is 3. The molecule has 1 aliphatic carbocycles. The fraction of sp³-hybridized carbons (Fsp3) is 0.250. The lowest BCUT2D eigenvalue weighted by atomic mass is 9.65. The number of nitrogens with two attached hydrogens (primary N) is 1. The van der Waals surface area contributed by atoms with E-state index in [0.717, 1.165) is 11.1 Å². The van der Waals surface area contributed by atoms with Gasteiger partial charge in [-0.25, -0.2) is 13.8 Å². The average molecular weight is 367 g/mol. The monoisotopic (exact) mass is 367 g/mol. The van der Waals surface area contributed by atoms with Crippen molar-refractivity contribution in [2.75, 3.05) is 17.6 Å². The third kappa shape index (κ3) is 3.32. The molecule has 0 atom stereocenters. The van der Waals surface area contributed by atoms with Crippen molar-refractivity contribution >= 4 is 11.8 Å². The molecule has 2 aromatic heterocycles. The molecular weight excluding hydrogens is 348 g/mol. The van der Waals surface area contributed by atoms with Gasteiger partial charge in [0.1, 0.15) is 17.8 Å². The molecule has 5 nitrogen and oxygen atoms in total. The number of alkyl halides is 1. The van der Waals surface area contributed by atoms with E-state index in [0.29, 0.717) is 11.8 Å². The van der Waals surface area contributed by atoms with Crippen LogP contribution >= 0.6 is 0 Å². The highest BCUT2D eigenvalue weighted by Crippen LogP contribution is 2.45. The van der Waals surface area contributed by atoms with Crippen molar-refractivity contribution in [3.63, 3.8) is 0 Å². The van der Waals surface area contributed by atoms with Crippen LogP contribution in [0.2, 0.25) is 0 Å². The van der Waals surface area contributed by atoms with Crippen molar-refractivity contribution in [1.29, 1.82) is 0 Å². The topological polar surface area (TPSA) is 76.7 Å². The Bertz CT molecular complexity index is 942. The van der Waals surface area contributed by atoms with E-state index in [9.17, 15) is 8.78 Å². The van der Waals surface area contributed by atoms with Gasteiger partial charge < -0.3 is 11.1 Å². The zero-order chi connectivity index (χ0) is 18.9. The summed E-state index contributed by atoms with van der Waals surface area (Å²) in [5.74, 6) is 0.241. The summed E-state index contributed by atoms with van der Waals surface area (Å²) in [6.07, 6.45) is 2.64. The maximum absolute atomic E-state index is 14.2. The first-order chi connectivity index (χ1) is 13.1. The predicted molar refractivity (Wildman–Crippen MR) is 100 cm³/mol. The molecular formula is C20H19F2N5. The van der Waals surface area contributed by atoms with Gasteiger partial charge in [0.15, 0.2) is 0 Å². The van der Waals surface area contributed by atoms with Gasteiger partial charge in [0.2, 0.25) is 5.95 Å². The van der Waals surface area contributed by atoms with Crippen LogP contribution in [0.1, 0.15) is 18.5 Å². The molecule has 3 N–H and O–H groups in total. The van der Waals surface area contributed by atoms with Crippen LogP contribution in [0.4, 0.5) is 20.5 Å². The molecule has 0 aliphatic heterocycles. The van der Waals surface area contributed by atoms with E-state index < -0.39 is 17.4 Å². The summed E-state index contributed by atoms with van der Waals surface area (Å²) in [5.41, 5.74) is 7.30. The van der Waals surface area contributed by atoms with E-state index in [1.54, 1.807) is 6.20 Å². The Morgan fingerprint density at radius 1 is 1.11 bits per heavy atom. The maximum Gasteiger partial charge on any atom is 0.224 e. The number of nitrogen functional groups attached to an aromatic ring is 1. The van der Waals surface area contributed by atoms with Crippen LogP contribution in [0, 0.1) is 5.82 Å². The molecule has 0 bridgehead atoms. The Kier molecular flexibility index (Phi) is 4.43. The summed E-state index contributed by atoms with van der Waals surface area (Å²) in [5, 5.41) is 3.08. The lowest BCUT2D eigenvalue weighted by Crippen LogP contribution is -2.49. The van der Waals surface area contributed by atoms with Gasteiger partial charge in [0.25, 0.3) is 0 Å². The molecule has 1 fully saturated rings. The lowest BCUT2D eigenvalue weighted by molar-refractivity contribution is 0.0963. The van der Waals surface area contributed by atoms with Crippen molar-refractivity contribution < 1.29 is 8.78 Å². The second-order valence-corrected chi connectivity index (χ2v) is 6.83. The summed E-state index contributed by atoms with van der Waals surface area (Å²) in [7, 11) is 0. The number of aromatic nitrogens is 3. The molecule has 27 heavy (non-hydrogen) atoms. The molecule has 4 rings (SSSR count). The number of nitrogens with one attached hydrogen (secondary N) is 1. The first kappa shape index (κ1) is 17.3. The SMILES string of the molecule is Nc1nc(NCC2(c3ncccc3F)CC(F)C2)ncc1-c1ccccc1. The maximum atomic E-state index is 14.2. The number of hydrogen-bond donors (Lipinski definition) is 2. The van der Waals surface area contributed by atoms with Crippen LogP contribution in [0.5, 0.6) is 0 Å². The van der Waals surface area contributed by atoms with Crippen molar-refractivity contribution in [2.24, 2.45) is 0 Å². The van der Waals surface area contributed by atoms with Crippen LogP contribution in [-0.4, -0.2) is 27.7 Å². The number of benzene rings is 1. The zero-order valence-corrected chi connectivity index (χ0v) is 14.6. The van der Waals surface area contributed by atoms with Gasteiger partial charge in [-0.15, -0.1) is 0 Å². The lowest BCUT2D eigenvalue weighted by Gasteiger charge is -2.43. The highest BCUT2D eigenvalue weighted by Gasteiger charge is 2.48. The molecule has 3 aromatic rings. The van der Waals surface area contributed by atoms with Gasteiger partial charge in [-0.1, -0.05) is 30.3 Å². The fourth-order valence-electron chi connectivity index (χ4n) is 3.55. The summed E-state index contributed by atoms with van der Waals surface area (Å²) in [4.78, 5) is 12.7. The molecule has 0 spiro atoms. The van der Waals surface area contributed by atoms with Gasteiger partial charge in [0.05, 0.1) is 5.69 Å². The molecule has 0 radical (unpaired) electrons. The average Bonchev–Trinajstić information content (AvgIpc) is 2.65. The number of pyridine rings is 1.